The summed E-state index contributed by atoms with van der Waals surface area (Å²) in [6.45, 7) is 3.03. The third-order valence-electron chi connectivity index (χ3n) is 4.65. The molecular formula is C17H21N5O3. The summed E-state index contributed by atoms with van der Waals surface area (Å²) in [7, 11) is 0. The van der Waals surface area contributed by atoms with E-state index in [1.165, 1.54) is 0 Å². The van der Waals surface area contributed by atoms with E-state index < -0.39 is 5.79 Å². The smallest absolute Gasteiger partial charge is 0.317 e. The highest BCUT2D eigenvalue weighted by molar-refractivity contribution is 5.74. The molecule has 1 N–H and O–H groups in total. The number of urea groups is 1. The largest absolute Gasteiger partial charge is 0.347 e. The zero-order chi connectivity index (χ0) is 17.1. The molecule has 132 valence electrons. The van der Waals surface area contributed by atoms with Crippen LogP contribution in [0, 0.1) is 0 Å². The van der Waals surface area contributed by atoms with Crippen LogP contribution >= 0.6 is 0 Å². The van der Waals surface area contributed by atoms with Crippen molar-refractivity contribution >= 4 is 6.03 Å². The fourth-order valence-electron chi connectivity index (χ4n) is 3.23. The summed E-state index contributed by atoms with van der Waals surface area (Å²) in [6.07, 6.45) is 8.41. The third kappa shape index (κ3) is 3.49. The number of ether oxygens (including phenoxy) is 2. The van der Waals surface area contributed by atoms with Crippen molar-refractivity contribution in [1.29, 1.82) is 0 Å². The molecular weight excluding hydrogens is 322 g/mol. The highest BCUT2D eigenvalue weighted by Gasteiger charge is 2.40. The number of imidazole rings is 1. The Morgan fingerprint density at radius 2 is 2.04 bits per heavy atom. The first-order valence-corrected chi connectivity index (χ1v) is 8.48. The van der Waals surface area contributed by atoms with Gasteiger partial charge in [0, 0.05) is 51.1 Å². The first-order valence-electron chi connectivity index (χ1n) is 8.48. The average molecular weight is 343 g/mol. The van der Waals surface area contributed by atoms with Gasteiger partial charge in [-0.05, 0) is 17.7 Å². The van der Waals surface area contributed by atoms with Crippen LogP contribution in [0.2, 0.25) is 0 Å². The summed E-state index contributed by atoms with van der Waals surface area (Å²) in [5.74, 6) is 0.321. The summed E-state index contributed by atoms with van der Waals surface area (Å²) in [4.78, 5) is 22.5. The van der Waals surface area contributed by atoms with Crippen LogP contribution in [0.4, 0.5) is 4.79 Å². The number of piperidine rings is 1. The van der Waals surface area contributed by atoms with Crippen molar-refractivity contribution in [3.8, 4) is 5.82 Å². The van der Waals surface area contributed by atoms with Gasteiger partial charge in [-0.1, -0.05) is 0 Å². The Morgan fingerprint density at radius 1 is 1.24 bits per heavy atom. The predicted octanol–water partition coefficient (Wildman–Crippen LogP) is 1.32. The molecule has 2 fully saturated rings. The van der Waals surface area contributed by atoms with E-state index >= 15 is 0 Å². The van der Waals surface area contributed by atoms with Crippen LogP contribution in [0.5, 0.6) is 0 Å². The Morgan fingerprint density at radius 3 is 2.76 bits per heavy atom. The van der Waals surface area contributed by atoms with Gasteiger partial charge in [0.1, 0.15) is 12.1 Å². The van der Waals surface area contributed by atoms with E-state index in [0.29, 0.717) is 32.8 Å². The number of carbonyl (C=O) groups is 1. The maximum Gasteiger partial charge on any atom is 0.317 e. The fourth-order valence-corrected chi connectivity index (χ4v) is 3.23. The zero-order valence-corrected chi connectivity index (χ0v) is 13.9. The Bertz CT molecular complexity index is 718. The van der Waals surface area contributed by atoms with Gasteiger partial charge in [-0.25, -0.2) is 14.8 Å². The van der Waals surface area contributed by atoms with E-state index in [9.17, 15) is 4.79 Å². The third-order valence-corrected chi connectivity index (χ3v) is 4.65. The molecule has 4 rings (SSSR count). The van der Waals surface area contributed by atoms with Crippen molar-refractivity contribution in [2.45, 2.75) is 25.2 Å². The molecule has 2 aliphatic rings. The summed E-state index contributed by atoms with van der Waals surface area (Å²) in [5, 5.41) is 2.97. The number of likely N-dealkylation sites (tertiary alicyclic amines) is 1. The molecule has 8 heteroatoms. The van der Waals surface area contributed by atoms with E-state index in [-0.39, 0.29) is 6.03 Å². The monoisotopic (exact) mass is 343 g/mol. The van der Waals surface area contributed by atoms with Crippen molar-refractivity contribution in [2.75, 3.05) is 26.3 Å². The molecule has 25 heavy (non-hydrogen) atoms. The first kappa shape index (κ1) is 16.0. The van der Waals surface area contributed by atoms with Crippen LogP contribution in [-0.2, 0) is 16.0 Å². The van der Waals surface area contributed by atoms with Gasteiger partial charge < -0.3 is 19.7 Å². The van der Waals surface area contributed by atoms with Gasteiger partial charge in [0.15, 0.2) is 5.79 Å². The standard InChI is InChI=1S/C17H21N5O3/c23-16(21-6-2-17(3-7-21)24-9-10-25-17)20-12-14-1-4-19-15(11-14)22-8-5-18-13-22/h1,4-5,8,11,13H,2-3,6-7,9-10,12H2,(H,20,23). The number of nitrogens with one attached hydrogen (secondary N) is 1. The number of rotatable bonds is 3. The highest BCUT2D eigenvalue weighted by atomic mass is 16.7. The van der Waals surface area contributed by atoms with Crippen molar-refractivity contribution in [3.05, 3.63) is 42.6 Å². The second-order valence-corrected chi connectivity index (χ2v) is 6.25. The molecule has 1 spiro atoms. The average Bonchev–Trinajstić information content (AvgIpc) is 3.33. The van der Waals surface area contributed by atoms with E-state index in [1.54, 1.807) is 18.7 Å². The second-order valence-electron chi connectivity index (χ2n) is 6.25. The molecule has 8 nitrogen and oxygen atoms in total. The minimum atomic E-state index is -0.457. The summed E-state index contributed by atoms with van der Waals surface area (Å²) < 4.78 is 13.2. The topological polar surface area (TPSA) is 81.5 Å². The van der Waals surface area contributed by atoms with Crippen LogP contribution in [0.15, 0.2) is 37.1 Å². The molecule has 0 aliphatic carbocycles. The Hall–Kier alpha value is -2.45. The van der Waals surface area contributed by atoms with Crippen molar-refractivity contribution in [2.24, 2.45) is 0 Å². The minimum absolute atomic E-state index is 0.0613. The van der Waals surface area contributed by atoms with E-state index in [2.05, 4.69) is 15.3 Å². The number of carbonyl (C=O) groups excluding carboxylic acids is 1. The lowest BCUT2D eigenvalue weighted by atomic mass is 10.0. The fraction of sp³-hybridized carbons (Fsp3) is 0.471. The zero-order valence-electron chi connectivity index (χ0n) is 13.9. The Kier molecular flexibility index (Phi) is 4.37. The van der Waals surface area contributed by atoms with Crippen LogP contribution in [0.1, 0.15) is 18.4 Å². The number of amides is 2. The lowest BCUT2D eigenvalue weighted by Gasteiger charge is -2.37. The van der Waals surface area contributed by atoms with Gasteiger partial charge in [-0.2, -0.15) is 0 Å². The summed E-state index contributed by atoms with van der Waals surface area (Å²) in [5.41, 5.74) is 0.989. The van der Waals surface area contributed by atoms with Crippen LogP contribution in [0.3, 0.4) is 0 Å². The summed E-state index contributed by atoms with van der Waals surface area (Å²) >= 11 is 0. The maximum atomic E-state index is 12.4. The number of hydrogen-bond donors (Lipinski definition) is 1. The number of nitrogens with zero attached hydrogens (tertiary/aromatic N) is 4. The quantitative estimate of drug-likeness (QED) is 0.909. The molecule has 0 saturated carbocycles. The summed E-state index contributed by atoms with van der Waals surface area (Å²) in [6, 6.07) is 3.77. The van der Waals surface area contributed by atoms with Gasteiger partial charge in [0.25, 0.3) is 0 Å². The second kappa shape index (κ2) is 6.81. The molecule has 2 amide bonds. The van der Waals surface area contributed by atoms with Crippen LogP contribution < -0.4 is 5.32 Å². The molecule has 0 bridgehead atoms. The molecule has 2 saturated heterocycles. The van der Waals surface area contributed by atoms with E-state index in [4.69, 9.17) is 9.47 Å². The van der Waals surface area contributed by atoms with Gasteiger partial charge in [0.2, 0.25) is 0 Å². The normalized spacial score (nSPS) is 19.3. The molecule has 4 heterocycles. The lowest BCUT2D eigenvalue weighted by molar-refractivity contribution is -0.181. The number of hydrogen-bond acceptors (Lipinski definition) is 5. The lowest BCUT2D eigenvalue weighted by Crippen LogP contribution is -2.50. The van der Waals surface area contributed by atoms with Crippen LogP contribution in [0.25, 0.3) is 5.82 Å². The molecule has 0 atom stereocenters. The van der Waals surface area contributed by atoms with Crippen LogP contribution in [-0.4, -0.2) is 57.6 Å². The molecule has 2 aromatic heterocycles. The Balaban J connectivity index is 1.31. The van der Waals surface area contributed by atoms with Crippen molar-refractivity contribution in [1.82, 2.24) is 24.8 Å². The van der Waals surface area contributed by atoms with Gasteiger partial charge >= 0.3 is 6.03 Å². The Labute approximate surface area is 145 Å². The number of aromatic nitrogens is 3. The molecule has 0 unspecified atom stereocenters. The van der Waals surface area contributed by atoms with E-state index in [1.807, 2.05) is 27.8 Å². The molecule has 2 aliphatic heterocycles. The molecule has 2 aromatic rings. The molecule has 0 radical (unpaired) electrons. The number of pyridine rings is 1. The maximum absolute atomic E-state index is 12.4. The SMILES string of the molecule is O=C(NCc1ccnc(-n2ccnc2)c1)N1CCC2(CC1)OCCO2. The first-order chi connectivity index (χ1) is 12.2. The van der Waals surface area contributed by atoms with Crippen molar-refractivity contribution in [3.63, 3.8) is 0 Å². The highest BCUT2D eigenvalue weighted by Crippen LogP contribution is 2.31. The van der Waals surface area contributed by atoms with Gasteiger partial charge in [-0.3, -0.25) is 4.57 Å². The van der Waals surface area contributed by atoms with Gasteiger partial charge in [0.05, 0.1) is 13.2 Å². The minimum Gasteiger partial charge on any atom is -0.347 e. The predicted molar refractivity (Wildman–Crippen MR) is 89.0 cm³/mol. The van der Waals surface area contributed by atoms with Crippen molar-refractivity contribution < 1.29 is 14.3 Å². The molecule has 0 aromatic carbocycles. The van der Waals surface area contributed by atoms with E-state index in [0.717, 1.165) is 24.2 Å². The van der Waals surface area contributed by atoms with Gasteiger partial charge in [-0.15, -0.1) is 0 Å².